The second-order valence-electron chi connectivity index (χ2n) is 8.75. The van der Waals surface area contributed by atoms with Gasteiger partial charge in [-0.25, -0.2) is 0 Å². The normalized spacial score (nSPS) is 17.1. The number of carbonyl (C=O) groups is 2. The molecule has 0 saturated carbocycles. The number of ether oxygens (including phenoxy) is 1. The van der Waals surface area contributed by atoms with E-state index >= 15 is 0 Å². The third-order valence-electron chi connectivity index (χ3n) is 6.38. The van der Waals surface area contributed by atoms with Crippen molar-refractivity contribution in [2.45, 2.75) is 32.2 Å². The Balaban J connectivity index is 1.70. The van der Waals surface area contributed by atoms with Crippen LogP contribution in [0.3, 0.4) is 0 Å². The standard InChI is InChI=1S/C29H31ClN2O3/c1-2-31-17-8-9-18-32(28(33)23-13-10-14-24(30)20-23)25(19-22-11-4-3-5-12-22)21-35-27-16-7-6-15-26(27)29(31)34/h3-7,10-16,20,25H,2,8-9,17-19,21H2,1H3/t25-/m1/s1. The van der Waals surface area contributed by atoms with Crippen molar-refractivity contribution in [1.29, 1.82) is 0 Å². The van der Waals surface area contributed by atoms with Crippen molar-refractivity contribution in [2.24, 2.45) is 0 Å². The summed E-state index contributed by atoms with van der Waals surface area (Å²) in [6.07, 6.45) is 2.23. The molecule has 0 spiro atoms. The van der Waals surface area contributed by atoms with Gasteiger partial charge in [-0.15, -0.1) is 0 Å². The zero-order valence-corrected chi connectivity index (χ0v) is 20.8. The van der Waals surface area contributed by atoms with Gasteiger partial charge in [-0.2, -0.15) is 0 Å². The van der Waals surface area contributed by atoms with E-state index < -0.39 is 0 Å². The number of nitrogens with zero attached hydrogens (tertiary/aromatic N) is 2. The Morgan fingerprint density at radius 2 is 1.71 bits per heavy atom. The van der Waals surface area contributed by atoms with Crippen LogP contribution in [0.15, 0.2) is 78.9 Å². The van der Waals surface area contributed by atoms with Gasteiger partial charge in [0.15, 0.2) is 0 Å². The molecule has 182 valence electrons. The fraction of sp³-hybridized carbons (Fsp3) is 0.310. The minimum absolute atomic E-state index is 0.0184. The highest BCUT2D eigenvalue weighted by Gasteiger charge is 2.28. The Bertz CT molecular complexity index is 1150. The molecule has 0 unspecified atom stereocenters. The van der Waals surface area contributed by atoms with Crippen LogP contribution >= 0.6 is 11.6 Å². The van der Waals surface area contributed by atoms with Crippen LogP contribution in [-0.4, -0.2) is 53.9 Å². The lowest BCUT2D eigenvalue weighted by Gasteiger charge is -2.33. The number of para-hydroxylation sites is 1. The highest BCUT2D eigenvalue weighted by atomic mass is 35.5. The summed E-state index contributed by atoms with van der Waals surface area (Å²) in [6.45, 7) is 4.08. The van der Waals surface area contributed by atoms with Gasteiger partial charge in [0.25, 0.3) is 11.8 Å². The molecule has 5 nitrogen and oxygen atoms in total. The molecule has 6 heteroatoms. The number of carbonyl (C=O) groups excluding carboxylic acids is 2. The third-order valence-corrected chi connectivity index (χ3v) is 6.62. The van der Waals surface area contributed by atoms with E-state index in [4.69, 9.17) is 16.3 Å². The van der Waals surface area contributed by atoms with Crippen molar-refractivity contribution in [2.75, 3.05) is 26.2 Å². The summed E-state index contributed by atoms with van der Waals surface area (Å²) in [5.41, 5.74) is 2.24. The van der Waals surface area contributed by atoms with E-state index in [1.807, 2.05) is 59.2 Å². The van der Waals surface area contributed by atoms with Gasteiger partial charge in [0, 0.05) is 30.2 Å². The van der Waals surface area contributed by atoms with Crippen LogP contribution in [0.5, 0.6) is 5.75 Å². The molecule has 1 aliphatic heterocycles. The first kappa shape index (κ1) is 24.8. The Labute approximate surface area is 212 Å². The minimum atomic E-state index is -0.214. The summed E-state index contributed by atoms with van der Waals surface area (Å²) in [4.78, 5) is 30.7. The Kier molecular flexibility index (Phi) is 8.43. The summed E-state index contributed by atoms with van der Waals surface area (Å²) >= 11 is 6.21. The van der Waals surface area contributed by atoms with E-state index in [0.717, 1.165) is 18.4 Å². The van der Waals surface area contributed by atoms with Crippen LogP contribution in [-0.2, 0) is 6.42 Å². The average Bonchev–Trinajstić information content (AvgIpc) is 2.88. The molecule has 3 aromatic rings. The van der Waals surface area contributed by atoms with Gasteiger partial charge < -0.3 is 14.5 Å². The van der Waals surface area contributed by atoms with Crippen LogP contribution in [0.25, 0.3) is 0 Å². The van der Waals surface area contributed by atoms with E-state index in [9.17, 15) is 9.59 Å². The smallest absolute Gasteiger partial charge is 0.257 e. The second-order valence-corrected chi connectivity index (χ2v) is 9.19. The number of amides is 2. The fourth-order valence-corrected chi connectivity index (χ4v) is 4.69. The predicted molar refractivity (Wildman–Crippen MR) is 139 cm³/mol. The van der Waals surface area contributed by atoms with Crippen molar-refractivity contribution in [3.63, 3.8) is 0 Å². The molecular weight excluding hydrogens is 460 g/mol. The molecule has 0 N–H and O–H groups in total. The monoisotopic (exact) mass is 490 g/mol. The van der Waals surface area contributed by atoms with E-state index in [1.165, 1.54) is 0 Å². The topological polar surface area (TPSA) is 49.9 Å². The van der Waals surface area contributed by atoms with Crippen molar-refractivity contribution in [1.82, 2.24) is 9.80 Å². The van der Waals surface area contributed by atoms with Crippen LogP contribution in [0.4, 0.5) is 0 Å². The molecule has 0 aliphatic carbocycles. The fourth-order valence-electron chi connectivity index (χ4n) is 4.50. The Morgan fingerprint density at radius 3 is 2.49 bits per heavy atom. The van der Waals surface area contributed by atoms with E-state index in [0.29, 0.717) is 48.0 Å². The number of fused-ring (bicyclic) bond motifs is 1. The Hall–Kier alpha value is -3.31. The molecule has 1 heterocycles. The number of halogens is 1. The van der Waals surface area contributed by atoms with Crippen molar-refractivity contribution in [3.05, 3.63) is 101 Å². The molecule has 2 amide bonds. The predicted octanol–water partition coefficient (Wildman–Crippen LogP) is 5.73. The molecule has 0 bridgehead atoms. The number of hydrogen-bond donors (Lipinski definition) is 0. The molecule has 3 aromatic carbocycles. The largest absolute Gasteiger partial charge is 0.491 e. The van der Waals surface area contributed by atoms with Gasteiger partial charge in [-0.3, -0.25) is 9.59 Å². The lowest BCUT2D eigenvalue weighted by molar-refractivity contribution is 0.0586. The molecule has 35 heavy (non-hydrogen) atoms. The summed E-state index contributed by atoms with van der Waals surface area (Å²) in [7, 11) is 0. The third kappa shape index (κ3) is 6.23. The van der Waals surface area contributed by atoms with Crippen LogP contribution in [0, 0.1) is 0 Å². The lowest BCUT2D eigenvalue weighted by atomic mass is 10.0. The summed E-state index contributed by atoms with van der Waals surface area (Å²) < 4.78 is 6.28. The maximum absolute atomic E-state index is 13.7. The first-order valence-corrected chi connectivity index (χ1v) is 12.6. The van der Waals surface area contributed by atoms with Crippen molar-refractivity contribution in [3.8, 4) is 5.75 Å². The van der Waals surface area contributed by atoms with E-state index in [2.05, 4.69) is 12.1 Å². The van der Waals surface area contributed by atoms with Gasteiger partial charge in [0.2, 0.25) is 0 Å². The lowest BCUT2D eigenvalue weighted by Crippen LogP contribution is -2.46. The van der Waals surface area contributed by atoms with Gasteiger partial charge in [0.1, 0.15) is 12.4 Å². The molecule has 0 aromatic heterocycles. The van der Waals surface area contributed by atoms with Crippen LogP contribution in [0.1, 0.15) is 46.0 Å². The maximum Gasteiger partial charge on any atom is 0.257 e. The molecule has 0 fully saturated rings. The molecule has 1 atom stereocenters. The first-order valence-electron chi connectivity index (χ1n) is 12.2. The highest BCUT2D eigenvalue weighted by molar-refractivity contribution is 6.30. The van der Waals surface area contributed by atoms with Crippen molar-refractivity contribution < 1.29 is 14.3 Å². The van der Waals surface area contributed by atoms with Gasteiger partial charge in [-0.1, -0.05) is 60.1 Å². The summed E-state index contributed by atoms with van der Waals surface area (Å²) in [5, 5.41) is 0.534. The van der Waals surface area contributed by atoms with Crippen molar-refractivity contribution >= 4 is 23.4 Å². The number of hydrogen-bond acceptors (Lipinski definition) is 3. The van der Waals surface area contributed by atoms with E-state index in [1.54, 1.807) is 24.3 Å². The van der Waals surface area contributed by atoms with Gasteiger partial charge in [0.05, 0.1) is 11.6 Å². The molecule has 4 rings (SSSR count). The number of benzene rings is 3. The van der Waals surface area contributed by atoms with E-state index in [-0.39, 0.29) is 24.5 Å². The quantitative estimate of drug-likeness (QED) is 0.469. The average molecular weight is 491 g/mol. The number of rotatable bonds is 4. The second kappa shape index (κ2) is 11.9. The molecule has 1 aliphatic rings. The minimum Gasteiger partial charge on any atom is -0.491 e. The molecule has 0 saturated heterocycles. The zero-order valence-electron chi connectivity index (χ0n) is 20.0. The zero-order chi connectivity index (χ0) is 24.6. The van der Waals surface area contributed by atoms with Gasteiger partial charge >= 0.3 is 0 Å². The Morgan fingerprint density at radius 1 is 0.971 bits per heavy atom. The SMILES string of the molecule is CCN1CCCCN(C(=O)c2cccc(Cl)c2)[C@H](Cc2ccccc2)COc2ccccc2C1=O. The summed E-state index contributed by atoms with van der Waals surface area (Å²) in [6, 6.07) is 24.4. The molecular formula is C29H31ClN2O3. The highest BCUT2D eigenvalue weighted by Crippen LogP contribution is 2.24. The molecule has 0 radical (unpaired) electrons. The first-order chi connectivity index (χ1) is 17.1. The van der Waals surface area contributed by atoms with Gasteiger partial charge in [-0.05, 0) is 62.1 Å². The van der Waals surface area contributed by atoms with Crippen LogP contribution in [0.2, 0.25) is 5.02 Å². The maximum atomic E-state index is 13.7. The summed E-state index contributed by atoms with van der Waals surface area (Å²) in [5.74, 6) is 0.464. The van der Waals surface area contributed by atoms with Crippen LogP contribution < -0.4 is 4.74 Å².